The number of benzene rings is 3. The predicted octanol–water partition coefficient (Wildman–Crippen LogP) is 5.05. The molecule has 1 unspecified atom stereocenters. The van der Waals surface area contributed by atoms with Crippen molar-refractivity contribution < 1.29 is 4.21 Å². The summed E-state index contributed by atoms with van der Waals surface area (Å²) in [5, 5.41) is 0. The Balaban J connectivity index is 2.11. The van der Waals surface area contributed by atoms with Crippen LogP contribution in [-0.2, 0) is 15.5 Å². The minimum atomic E-state index is -2.55. The van der Waals surface area contributed by atoms with Crippen LogP contribution in [0.2, 0.25) is 0 Å². The van der Waals surface area contributed by atoms with Crippen LogP contribution in [0.5, 0.6) is 0 Å². The molecular weight excluding hydrogens is 290 g/mol. The first-order valence-electron chi connectivity index (χ1n) is 7.15. The van der Waals surface area contributed by atoms with Gasteiger partial charge in [-0.3, -0.25) is 0 Å². The molecule has 0 aliphatic rings. The zero-order valence-corrected chi connectivity index (χ0v) is 12.9. The molecule has 2 nitrogen and oxygen atoms in total. The largest absolute Gasteiger partial charge is 0.244 e. The Kier molecular flexibility index (Phi) is 4.35. The van der Waals surface area contributed by atoms with E-state index in [4.69, 9.17) is 0 Å². The first-order valence-corrected chi connectivity index (χ1v) is 8.84. The first-order chi connectivity index (χ1) is 10.8. The van der Waals surface area contributed by atoms with Gasteiger partial charge in [0.1, 0.15) is 0 Å². The van der Waals surface area contributed by atoms with Crippen molar-refractivity contribution in [2.24, 2.45) is 4.36 Å². The first kappa shape index (κ1) is 14.5. The SMILES string of the molecule is O=S(Cc1ccccc1)(=Nc1ccccc1)c1ccccc1. The van der Waals surface area contributed by atoms with Crippen LogP contribution in [-0.4, -0.2) is 4.21 Å². The molecule has 0 bridgehead atoms. The third kappa shape index (κ3) is 3.43. The highest BCUT2D eigenvalue weighted by atomic mass is 32.2. The topological polar surface area (TPSA) is 29.4 Å². The van der Waals surface area contributed by atoms with Gasteiger partial charge in [-0.1, -0.05) is 66.7 Å². The van der Waals surface area contributed by atoms with Gasteiger partial charge in [0.2, 0.25) is 0 Å². The van der Waals surface area contributed by atoms with E-state index < -0.39 is 9.73 Å². The Morgan fingerprint density at radius 3 is 1.77 bits per heavy atom. The van der Waals surface area contributed by atoms with E-state index in [1.54, 1.807) is 0 Å². The second-order valence-corrected chi connectivity index (χ2v) is 7.23. The second kappa shape index (κ2) is 6.58. The quantitative estimate of drug-likeness (QED) is 0.663. The Morgan fingerprint density at radius 2 is 1.18 bits per heavy atom. The number of hydrogen-bond donors (Lipinski definition) is 0. The molecule has 0 heterocycles. The molecule has 3 heteroatoms. The average molecular weight is 307 g/mol. The van der Waals surface area contributed by atoms with Crippen LogP contribution in [0.25, 0.3) is 0 Å². The minimum absolute atomic E-state index is 0.409. The summed E-state index contributed by atoms with van der Waals surface area (Å²) in [5.41, 5.74) is 1.77. The lowest BCUT2D eigenvalue weighted by molar-refractivity contribution is 0.676. The number of hydrogen-bond acceptors (Lipinski definition) is 2. The molecule has 0 fully saturated rings. The fourth-order valence-electron chi connectivity index (χ4n) is 2.26. The van der Waals surface area contributed by atoms with Crippen molar-refractivity contribution in [2.75, 3.05) is 0 Å². The highest BCUT2D eigenvalue weighted by Crippen LogP contribution is 2.24. The molecule has 0 aliphatic carbocycles. The maximum atomic E-state index is 13.6. The highest BCUT2D eigenvalue weighted by molar-refractivity contribution is 7.93. The molecule has 0 spiro atoms. The molecule has 0 radical (unpaired) electrons. The van der Waals surface area contributed by atoms with Crippen LogP contribution >= 0.6 is 0 Å². The van der Waals surface area contributed by atoms with Gasteiger partial charge >= 0.3 is 0 Å². The lowest BCUT2D eigenvalue weighted by atomic mass is 10.2. The zero-order valence-electron chi connectivity index (χ0n) is 12.1. The summed E-state index contributed by atoms with van der Waals surface area (Å²) in [5.74, 6) is 0.409. The van der Waals surface area contributed by atoms with E-state index in [1.807, 2.05) is 91.0 Å². The molecule has 22 heavy (non-hydrogen) atoms. The van der Waals surface area contributed by atoms with Gasteiger partial charge in [0.05, 0.1) is 21.2 Å². The van der Waals surface area contributed by atoms with Gasteiger partial charge in [0.15, 0.2) is 0 Å². The van der Waals surface area contributed by atoms with Crippen molar-refractivity contribution in [1.82, 2.24) is 0 Å². The minimum Gasteiger partial charge on any atom is -0.244 e. The Morgan fingerprint density at radius 1 is 0.682 bits per heavy atom. The fraction of sp³-hybridized carbons (Fsp3) is 0.0526. The van der Waals surface area contributed by atoms with E-state index in [0.29, 0.717) is 5.75 Å². The van der Waals surface area contributed by atoms with E-state index in [0.717, 1.165) is 16.1 Å². The van der Waals surface area contributed by atoms with Gasteiger partial charge in [-0.15, -0.1) is 0 Å². The summed E-state index contributed by atoms with van der Waals surface area (Å²) >= 11 is 0. The van der Waals surface area contributed by atoms with Crippen LogP contribution in [0.15, 0.2) is 100 Å². The van der Waals surface area contributed by atoms with Gasteiger partial charge in [0, 0.05) is 4.90 Å². The van der Waals surface area contributed by atoms with E-state index in [-0.39, 0.29) is 0 Å². The van der Waals surface area contributed by atoms with E-state index >= 15 is 0 Å². The molecule has 110 valence electrons. The summed E-state index contributed by atoms with van der Waals surface area (Å²) in [6.07, 6.45) is 0. The molecule has 0 saturated carbocycles. The molecule has 0 aromatic heterocycles. The summed E-state index contributed by atoms with van der Waals surface area (Å²) in [6.45, 7) is 0. The van der Waals surface area contributed by atoms with Gasteiger partial charge < -0.3 is 0 Å². The monoisotopic (exact) mass is 307 g/mol. The van der Waals surface area contributed by atoms with Crippen molar-refractivity contribution in [1.29, 1.82) is 0 Å². The summed E-state index contributed by atoms with van der Waals surface area (Å²) in [6, 6.07) is 28.9. The van der Waals surface area contributed by atoms with Crippen molar-refractivity contribution in [2.45, 2.75) is 10.6 Å². The summed E-state index contributed by atoms with van der Waals surface area (Å²) in [4.78, 5) is 0.766. The fourth-order valence-corrected chi connectivity index (χ4v) is 4.29. The number of rotatable bonds is 4. The molecule has 3 aromatic rings. The molecule has 0 saturated heterocycles. The lowest BCUT2D eigenvalue weighted by Gasteiger charge is -2.11. The molecule has 0 aliphatic heterocycles. The van der Waals surface area contributed by atoms with Crippen molar-refractivity contribution in [3.05, 3.63) is 96.6 Å². The van der Waals surface area contributed by atoms with Crippen LogP contribution in [0.1, 0.15) is 5.56 Å². The third-order valence-electron chi connectivity index (χ3n) is 3.33. The average Bonchev–Trinajstić information content (AvgIpc) is 2.57. The van der Waals surface area contributed by atoms with Crippen molar-refractivity contribution in [3.8, 4) is 0 Å². The Bertz CT molecular complexity index is 836. The Labute approximate surface area is 131 Å². The van der Waals surface area contributed by atoms with Crippen LogP contribution in [0.3, 0.4) is 0 Å². The molecule has 1 atom stereocenters. The van der Waals surface area contributed by atoms with Gasteiger partial charge in [-0.2, -0.15) is 4.36 Å². The maximum absolute atomic E-state index is 13.6. The highest BCUT2D eigenvalue weighted by Gasteiger charge is 2.13. The zero-order chi connectivity index (χ0) is 15.3. The van der Waals surface area contributed by atoms with Crippen LogP contribution in [0, 0.1) is 0 Å². The lowest BCUT2D eigenvalue weighted by Crippen LogP contribution is -2.04. The third-order valence-corrected chi connectivity index (χ3v) is 5.56. The predicted molar refractivity (Wildman–Crippen MR) is 91.5 cm³/mol. The van der Waals surface area contributed by atoms with E-state index in [1.165, 1.54) is 0 Å². The summed E-state index contributed by atoms with van der Waals surface area (Å²) < 4.78 is 18.1. The van der Waals surface area contributed by atoms with Gasteiger partial charge in [-0.05, 0) is 29.8 Å². The van der Waals surface area contributed by atoms with Crippen LogP contribution < -0.4 is 0 Å². The molecule has 0 N–H and O–H groups in total. The van der Waals surface area contributed by atoms with E-state index in [2.05, 4.69) is 4.36 Å². The Hall–Kier alpha value is -2.39. The normalized spacial score (nSPS) is 13.3. The number of nitrogens with zero attached hydrogens (tertiary/aromatic N) is 1. The van der Waals surface area contributed by atoms with Crippen molar-refractivity contribution in [3.63, 3.8) is 0 Å². The van der Waals surface area contributed by atoms with Gasteiger partial charge in [-0.25, -0.2) is 4.21 Å². The molecule has 0 amide bonds. The van der Waals surface area contributed by atoms with Crippen molar-refractivity contribution >= 4 is 15.4 Å². The van der Waals surface area contributed by atoms with Crippen LogP contribution in [0.4, 0.5) is 5.69 Å². The van der Waals surface area contributed by atoms with E-state index in [9.17, 15) is 4.21 Å². The standard InChI is InChI=1S/C19H17NOS/c21-22(19-14-8-3-9-15-19,16-17-10-4-1-5-11-17)20-18-12-6-2-7-13-18/h1-15H,16H2. The maximum Gasteiger partial charge on any atom is 0.0842 e. The summed E-state index contributed by atoms with van der Waals surface area (Å²) in [7, 11) is -2.55. The molecule has 3 aromatic carbocycles. The second-order valence-electron chi connectivity index (χ2n) is 5.01. The molecular formula is C19H17NOS. The van der Waals surface area contributed by atoms with Gasteiger partial charge in [0.25, 0.3) is 0 Å². The smallest absolute Gasteiger partial charge is 0.0842 e. The molecule has 3 rings (SSSR count).